The number of hydrogen-bond donors (Lipinski definition) is 1. The number of carbonyl (C=O) groups is 2. The van der Waals surface area contributed by atoms with E-state index in [1.165, 1.54) is 7.11 Å². The predicted octanol–water partition coefficient (Wildman–Crippen LogP) is 2.14. The number of nitrogens with zero attached hydrogens (tertiary/aromatic N) is 1. The molecule has 2 rings (SSSR count). The van der Waals surface area contributed by atoms with Crippen molar-refractivity contribution in [2.24, 2.45) is 0 Å². The van der Waals surface area contributed by atoms with Gasteiger partial charge in [0.15, 0.2) is 0 Å². The van der Waals surface area contributed by atoms with Crippen molar-refractivity contribution in [3.05, 3.63) is 54.0 Å². The van der Waals surface area contributed by atoms with Gasteiger partial charge in [-0.2, -0.15) is 0 Å². The minimum Gasteiger partial charge on any atom is -0.468 e. The molecule has 0 saturated heterocycles. The number of amides is 1. The van der Waals surface area contributed by atoms with Crippen LogP contribution in [-0.4, -0.2) is 37.5 Å². The molecule has 1 N–H and O–H groups in total. The topological polar surface area (TPSA) is 71.8 Å². The molecule has 0 aliphatic heterocycles. The molecule has 0 atom stereocenters. The van der Waals surface area contributed by atoms with Gasteiger partial charge in [0.25, 0.3) is 0 Å². The first-order valence-corrected chi connectivity index (χ1v) is 6.77. The number of benzene rings is 1. The van der Waals surface area contributed by atoms with Gasteiger partial charge in [-0.05, 0) is 37.4 Å². The number of furan rings is 1. The highest BCUT2D eigenvalue weighted by Crippen LogP contribution is 2.12. The van der Waals surface area contributed by atoms with Crippen LogP contribution in [-0.2, 0) is 16.1 Å². The maximum absolute atomic E-state index is 12.0. The summed E-state index contributed by atoms with van der Waals surface area (Å²) < 4.78 is 9.88. The summed E-state index contributed by atoms with van der Waals surface area (Å²) in [6.07, 6.45) is 1.60. The van der Waals surface area contributed by atoms with Crippen LogP contribution in [0.3, 0.4) is 0 Å². The van der Waals surface area contributed by atoms with Crippen LogP contribution in [0.2, 0.25) is 0 Å². The molecule has 0 unspecified atom stereocenters. The van der Waals surface area contributed by atoms with E-state index in [4.69, 9.17) is 4.42 Å². The average molecular weight is 302 g/mol. The van der Waals surface area contributed by atoms with Crippen LogP contribution in [0.4, 0.5) is 5.69 Å². The first kappa shape index (κ1) is 15.8. The van der Waals surface area contributed by atoms with Gasteiger partial charge in [0, 0.05) is 5.69 Å². The number of likely N-dealkylation sites (N-methyl/N-ethyl adjacent to an activating group) is 1. The molecule has 0 saturated carbocycles. The maximum Gasteiger partial charge on any atom is 0.337 e. The number of ether oxygens (including phenoxy) is 1. The van der Waals surface area contributed by atoms with Gasteiger partial charge >= 0.3 is 5.97 Å². The van der Waals surface area contributed by atoms with E-state index < -0.39 is 5.97 Å². The minimum atomic E-state index is -0.439. The van der Waals surface area contributed by atoms with E-state index in [0.717, 1.165) is 5.76 Å². The van der Waals surface area contributed by atoms with Gasteiger partial charge in [0.05, 0.1) is 32.0 Å². The van der Waals surface area contributed by atoms with Gasteiger partial charge in [-0.25, -0.2) is 4.79 Å². The SMILES string of the molecule is COC(=O)c1cccc(NC(=O)CN(C)Cc2ccco2)c1. The van der Waals surface area contributed by atoms with Crippen LogP contribution < -0.4 is 5.32 Å². The Morgan fingerprint density at radius 3 is 2.77 bits per heavy atom. The third-order valence-corrected chi connectivity index (χ3v) is 2.99. The first-order chi connectivity index (χ1) is 10.6. The zero-order chi connectivity index (χ0) is 15.9. The second kappa shape index (κ2) is 7.42. The molecule has 0 spiro atoms. The van der Waals surface area contributed by atoms with Crippen LogP contribution >= 0.6 is 0 Å². The highest BCUT2D eigenvalue weighted by Gasteiger charge is 2.10. The Bertz CT molecular complexity index is 637. The lowest BCUT2D eigenvalue weighted by molar-refractivity contribution is -0.117. The summed E-state index contributed by atoms with van der Waals surface area (Å²) in [6.45, 7) is 0.756. The van der Waals surface area contributed by atoms with Crippen molar-refractivity contribution in [2.45, 2.75) is 6.54 Å². The normalized spacial score (nSPS) is 10.5. The fourth-order valence-corrected chi connectivity index (χ4v) is 2.01. The standard InChI is InChI=1S/C16H18N2O4/c1-18(10-14-7-4-8-22-14)11-15(19)17-13-6-3-5-12(9-13)16(20)21-2/h3-9H,10-11H2,1-2H3,(H,17,19). The highest BCUT2D eigenvalue weighted by atomic mass is 16.5. The van der Waals surface area contributed by atoms with E-state index >= 15 is 0 Å². The van der Waals surface area contributed by atoms with E-state index in [9.17, 15) is 9.59 Å². The van der Waals surface area contributed by atoms with Gasteiger partial charge in [-0.3, -0.25) is 9.69 Å². The number of carbonyl (C=O) groups excluding carboxylic acids is 2. The van der Waals surface area contributed by atoms with Crippen molar-refractivity contribution >= 4 is 17.6 Å². The number of nitrogens with one attached hydrogen (secondary N) is 1. The van der Waals surface area contributed by atoms with Gasteiger partial charge in [-0.1, -0.05) is 6.07 Å². The first-order valence-electron chi connectivity index (χ1n) is 6.77. The molecule has 1 aromatic carbocycles. The molecule has 0 aliphatic carbocycles. The maximum atomic E-state index is 12.0. The molecule has 0 radical (unpaired) electrons. The van der Waals surface area contributed by atoms with Crippen molar-refractivity contribution in [2.75, 3.05) is 26.0 Å². The van der Waals surface area contributed by atoms with Crippen molar-refractivity contribution in [3.63, 3.8) is 0 Å². The van der Waals surface area contributed by atoms with Crippen LogP contribution in [0, 0.1) is 0 Å². The largest absolute Gasteiger partial charge is 0.468 e. The zero-order valence-corrected chi connectivity index (χ0v) is 12.5. The molecule has 0 aliphatic rings. The minimum absolute atomic E-state index is 0.170. The molecule has 6 nitrogen and oxygen atoms in total. The van der Waals surface area contributed by atoms with Crippen LogP contribution in [0.25, 0.3) is 0 Å². The summed E-state index contributed by atoms with van der Waals surface area (Å²) in [4.78, 5) is 25.3. The second-order valence-corrected chi connectivity index (χ2v) is 4.87. The molecule has 116 valence electrons. The third-order valence-electron chi connectivity index (χ3n) is 2.99. The van der Waals surface area contributed by atoms with Gasteiger partial charge in [0.1, 0.15) is 5.76 Å². The highest BCUT2D eigenvalue weighted by molar-refractivity contribution is 5.95. The number of methoxy groups -OCH3 is 1. The molecule has 6 heteroatoms. The molecule has 2 aromatic rings. The zero-order valence-electron chi connectivity index (χ0n) is 12.5. The summed E-state index contributed by atoms with van der Waals surface area (Å²) in [7, 11) is 3.14. The lowest BCUT2D eigenvalue weighted by Crippen LogP contribution is -2.29. The van der Waals surface area contributed by atoms with Crippen LogP contribution in [0.15, 0.2) is 47.1 Å². The smallest absolute Gasteiger partial charge is 0.337 e. The van der Waals surface area contributed by atoms with Crippen LogP contribution in [0.1, 0.15) is 16.1 Å². The molecule has 1 aromatic heterocycles. The summed E-state index contributed by atoms with van der Waals surface area (Å²) in [5, 5.41) is 2.75. The lowest BCUT2D eigenvalue weighted by atomic mass is 10.2. The Kier molecular flexibility index (Phi) is 5.32. The lowest BCUT2D eigenvalue weighted by Gasteiger charge is -2.15. The Morgan fingerprint density at radius 1 is 1.27 bits per heavy atom. The quantitative estimate of drug-likeness (QED) is 0.828. The summed E-state index contributed by atoms with van der Waals surface area (Å²) >= 11 is 0. The van der Waals surface area contributed by atoms with Gasteiger partial charge < -0.3 is 14.5 Å². The Labute approximate surface area is 128 Å². The number of anilines is 1. The Morgan fingerprint density at radius 2 is 2.09 bits per heavy atom. The van der Waals surface area contributed by atoms with E-state index in [1.54, 1.807) is 30.5 Å². The predicted molar refractivity (Wildman–Crippen MR) is 81.5 cm³/mol. The molecule has 1 amide bonds. The second-order valence-electron chi connectivity index (χ2n) is 4.87. The van der Waals surface area contributed by atoms with Gasteiger partial charge in [-0.15, -0.1) is 0 Å². The van der Waals surface area contributed by atoms with E-state index in [2.05, 4.69) is 10.1 Å². The summed E-state index contributed by atoms with van der Waals surface area (Å²) in [5.41, 5.74) is 0.948. The third kappa shape index (κ3) is 4.46. The van der Waals surface area contributed by atoms with Crippen LogP contribution in [0.5, 0.6) is 0 Å². The Balaban J connectivity index is 1.90. The summed E-state index contributed by atoms with van der Waals surface area (Å²) in [6, 6.07) is 10.3. The number of esters is 1. The molecule has 22 heavy (non-hydrogen) atoms. The fourth-order valence-electron chi connectivity index (χ4n) is 2.01. The average Bonchev–Trinajstić information content (AvgIpc) is 2.99. The van der Waals surface area contributed by atoms with E-state index in [-0.39, 0.29) is 12.5 Å². The molecule has 1 heterocycles. The van der Waals surface area contributed by atoms with Crippen molar-refractivity contribution in [3.8, 4) is 0 Å². The molecule has 0 bridgehead atoms. The van der Waals surface area contributed by atoms with Crippen molar-refractivity contribution < 1.29 is 18.7 Å². The van der Waals surface area contributed by atoms with E-state index in [1.807, 2.05) is 24.1 Å². The van der Waals surface area contributed by atoms with Gasteiger partial charge in [0.2, 0.25) is 5.91 Å². The monoisotopic (exact) mass is 302 g/mol. The van der Waals surface area contributed by atoms with E-state index in [0.29, 0.717) is 17.8 Å². The number of rotatable bonds is 6. The van der Waals surface area contributed by atoms with Crippen molar-refractivity contribution in [1.82, 2.24) is 4.90 Å². The summed E-state index contributed by atoms with van der Waals surface area (Å²) in [5.74, 6) is 0.185. The van der Waals surface area contributed by atoms with Crippen molar-refractivity contribution in [1.29, 1.82) is 0 Å². The fraction of sp³-hybridized carbons (Fsp3) is 0.250. The molecule has 0 fully saturated rings. The Hall–Kier alpha value is -2.60. The molecular formula is C16H18N2O4. The number of hydrogen-bond acceptors (Lipinski definition) is 5. The molecular weight excluding hydrogens is 284 g/mol.